The molecule has 2 saturated carbocycles. The number of hydrogen-bond donors (Lipinski definition) is 2. The SMILES string of the molecule is COC(=O)[C@H](CC1CCCCCC(C)(C(=O)OC(C)(C)C)CC1)NC(=O)[C@@H](Cc1ccc(I)cc1)NC(=O)C1CCCCCCC1. The molecule has 2 aliphatic rings. The van der Waals surface area contributed by atoms with Crippen molar-refractivity contribution in [2.45, 2.75) is 148 Å². The summed E-state index contributed by atoms with van der Waals surface area (Å²) in [6.07, 6.45) is 13.9. The van der Waals surface area contributed by atoms with Crippen molar-refractivity contribution in [2.75, 3.05) is 7.11 Å². The number of esters is 2. The first-order valence-corrected chi connectivity index (χ1v) is 18.5. The standard InChI is InChI=1S/C37H57IN2O6/c1-36(2,3)46-35(44)37(4)22-13-9-10-14-26(21-23-37)25-31(34(43)45-5)40-33(42)30(24-27-17-19-29(38)20-18-27)39-32(41)28-15-11-7-6-8-12-16-28/h17-20,26,28,30-31H,6-16,21-25H2,1-5H3,(H,39,41)(H,40,42)/t26?,30-,31+,37?/m1/s1. The van der Waals surface area contributed by atoms with Crippen molar-refractivity contribution in [1.29, 1.82) is 0 Å². The molecular formula is C37H57IN2O6. The quantitative estimate of drug-likeness (QED) is 0.190. The molecule has 0 radical (unpaired) electrons. The highest BCUT2D eigenvalue weighted by Crippen LogP contribution is 2.38. The first kappa shape index (κ1) is 38.3. The van der Waals surface area contributed by atoms with Gasteiger partial charge >= 0.3 is 11.9 Å². The molecule has 46 heavy (non-hydrogen) atoms. The van der Waals surface area contributed by atoms with E-state index in [0.717, 1.165) is 86.2 Å². The zero-order valence-corrected chi connectivity index (χ0v) is 30.9. The number of halogens is 1. The molecule has 2 N–H and O–H groups in total. The van der Waals surface area contributed by atoms with Gasteiger partial charge in [-0.1, -0.05) is 69.9 Å². The summed E-state index contributed by atoms with van der Waals surface area (Å²) >= 11 is 2.25. The molecule has 9 heteroatoms. The Kier molecular flexibility index (Phi) is 15.3. The molecule has 2 amide bonds. The molecular weight excluding hydrogens is 695 g/mol. The van der Waals surface area contributed by atoms with Crippen LogP contribution < -0.4 is 10.6 Å². The molecule has 2 fully saturated rings. The molecule has 2 unspecified atom stereocenters. The second kappa shape index (κ2) is 18.4. The van der Waals surface area contributed by atoms with Crippen molar-refractivity contribution >= 4 is 46.3 Å². The van der Waals surface area contributed by atoms with Gasteiger partial charge in [0.25, 0.3) is 0 Å². The maximum absolute atomic E-state index is 13.9. The van der Waals surface area contributed by atoms with Gasteiger partial charge in [-0.25, -0.2) is 4.79 Å². The monoisotopic (exact) mass is 752 g/mol. The third-order valence-electron chi connectivity index (χ3n) is 9.67. The maximum Gasteiger partial charge on any atom is 0.328 e. The van der Waals surface area contributed by atoms with Gasteiger partial charge in [0.1, 0.15) is 17.7 Å². The molecule has 3 rings (SSSR count). The molecule has 2 aliphatic carbocycles. The van der Waals surface area contributed by atoms with Gasteiger partial charge in [-0.05, 0) is 112 Å². The van der Waals surface area contributed by atoms with E-state index in [1.54, 1.807) is 0 Å². The Bertz CT molecular complexity index is 1140. The van der Waals surface area contributed by atoms with E-state index in [2.05, 4.69) is 33.2 Å². The number of carbonyl (C=O) groups excluding carboxylic acids is 4. The Morgan fingerprint density at radius 1 is 0.848 bits per heavy atom. The number of amides is 2. The number of methoxy groups -OCH3 is 1. The van der Waals surface area contributed by atoms with Gasteiger partial charge in [-0.3, -0.25) is 14.4 Å². The van der Waals surface area contributed by atoms with Crippen LogP contribution in [0.2, 0.25) is 0 Å². The van der Waals surface area contributed by atoms with E-state index in [9.17, 15) is 19.2 Å². The van der Waals surface area contributed by atoms with Crippen molar-refractivity contribution in [3.63, 3.8) is 0 Å². The minimum atomic E-state index is -0.853. The van der Waals surface area contributed by atoms with E-state index in [-0.39, 0.29) is 29.6 Å². The normalized spacial score (nSPS) is 23.2. The molecule has 0 aromatic heterocycles. The molecule has 1 aromatic carbocycles. The van der Waals surface area contributed by atoms with E-state index < -0.39 is 29.1 Å². The largest absolute Gasteiger partial charge is 0.467 e. The number of nitrogens with one attached hydrogen (secondary N) is 2. The van der Waals surface area contributed by atoms with E-state index in [1.807, 2.05) is 52.0 Å². The summed E-state index contributed by atoms with van der Waals surface area (Å²) in [4.78, 5) is 53.8. The molecule has 0 aliphatic heterocycles. The van der Waals surface area contributed by atoms with Crippen LogP contribution in [0.4, 0.5) is 0 Å². The number of ether oxygens (including phenoxy) is 2. The number of hydrogen-bond acceptors (Lipinski definition) is 6. The zero-order chi connectivity index (χ0) is 33.7. The summed E-state index contributed by atoms with van der Waals surface area (Å²) in [7, 11) is 1.34. The van der Waals surface area contributed by atoms with Crippen LogP contribution in [-0.2, 0) is 35.1 Å². The van der Waals surface area contributed by atoms with Crippen LogP contribution in [0.1, 0.15) is 130 Å². The molecule has 0 bridgehead atoms. The molecule has 1 aromatic rings. The summed E-state index contributed by atoms with van der Waals surface area (Å²) in [6, 6.07) is 6.25. The third-order valence-corrected chi connectivity index (χ3v) is 10.4. The van der Waals surface area contributed by atoms with Crippen molar-refractivity contribution in [2.24, 2.45) is 17.3 Å². The minimum absolute atomic E-state index is 0.0834. The van der Waals surface area contributed by atoms with Crippen LogP contribution in [-0.4, -0.2) is 48.5 Å². The molecule has 4 atom stereocenters. The van der Waals surface area contributed by atoms with E-state index in [0.29, 0.717) is 19.3 Å². The highest BCUT2D eigenvalue weighted by Gasteiger charge is 2.38. The first-order chi connectivity index (χ1) is 21.8. The third kappa shape index (κ3) is 12.8. The lowest BCUT2D eigenvalue weighted by Gasteiger charge is -2.32. The fraction of sp³-hybridized carbons (Fsp3) is 0.730. The molecule has 8 nitrogen and oxygen atoms in total. The summed E-state index contributed by atoms with van der Waals surface area (Å²) in [5.74, 6) is -1.13. The smallest absolute Gasteiger partial charge is 0.328 e. The van der Waals surface area contributed by atoms with Crippen LogP contribution >= 0.6 is 22.6 Å². The highest BCUT2D eigenvalue weighted by atomic mass is 127. The molecule has 0 saturated heterocycles. The van der Waals surface area contributed by atoms with Crippen molar-refractivity contribution in [3.8, 4) is 0 Å². The van der Waals surface area contributed by atoms with E-state index >= 15 is 0 Å². The second-order valence-corrected chi connectivity index (χ2v) is 16.1. The Morgan fingerprint density at radius 3 is 2.09 bits per heavy atom. The lowest BCUT2D eigenvalue weighted by atomic mass is 9.78. The maximum atomic E-state index is 13.9. The molecule has 0 spiro atoms. The van der Waals surface area contributed by atoms with Gasteiger partial charge in [0.2, 0.25) is 11.8 Å². The van der Waals surface area contributed by atoms with Gasteiger partial charge in [0, 0.05) is 15.9 Å². The van der Waals surface area contributed by atoms with Gasteiger partial charge < -0.3 is 20.1 Å². The van der Waals surface area contributed by atoms with Gasteiger partial charge in [0.05, 0.1) is 12.5 Å². The highest BCUT2D eigenvalue weighted by molar-refractivity contribution is 14.1. The number of rotatable bonds is 10. The number of benzene rings is 1. The van der Waals surface area contributed by atoms with Gasteiger partial charge in [-0.15, -0.1) is 0 Å². The average molecular weight is 753 g/mol. The van der Waals surface area contributed by atoms with Crippen LogP contribution in [0.3, 0.4) is 0 Å². The predicted molar refractivity (Wildman–Crippen MR) is 189 cm³/mol. The number of carbonyl (C=O) groups is 4. The predicted octanol–water partition coefficient (Wildman–Crippen LogP) is 7.44. The van der Waals surface area contributed by atoms with Crippen molar-refractivity contribution in [3.05, 3.63) is 33.4 Å². The van der Waals surface area contributed by atoms with Crippen LogP contribution in [0, 0.1) is 20.8 Å². The Morgan fingerprint density at radius 2 is 1.46 bits per heavy atom. The summed E-state index contributed by atoms with van der Waals surface area (Å²) in [5.41, 5.74) is -0.219. The molecule has 258 valence electrons. The second-order valence-electron chi connectivity index (χ2n) is 14.8. The van der Waals surface area contributed by atoms with E-state index in [4.69, 9.17) is 9.47 Å². The summed E-state index contributed by atoms with van der Waals surface area (Å²) < 4.78 is 12.1. The lowest BCUT2D eigenvalue weighted by Crippen LogP contribution is -2.54. The summed E-state index contributed by atoms with van der Waals surface area (Å²) in [5, 5.41) is 6.06. The molecule has 0 heterocycles. The minimum Gasteiger partial charge on any atom is -0.467 e. The van der Waals surface area contributed by atoms with Crippen molar-refractivity contribution < 1.29 is 28.7 Å². The van der Waals surface area contributed by atoms with Crippen LogP contribution in [0.15, 0.2) is 24.3 Å². The summed E-state index contributed by atoms with van der Waals surface area (Å²) in [6.45, 7) is 7.67. The lowest BCUT2D eigenvalue weighted by molar-refractivity contribution is -0.168. The van der Waals surface area contributed by atoms with Crippen LogP contribution in [0.5, 0.6) is 0 Å². The van der Waals surface area contributed by atoms with Gasteiger partial charge in [0.15, 0.2) is 0 Å². The zero-order valence-electron chi connectivity index (χ0n) is 28.8. The fourth-order valence-electron chi connectivity index (χ4n) is 6.79. The Labute approximate surface area is 290 Å². The fourth-order valence-corrected chi connectivity index (χ4v) is 7.15. The topological polar surface area (TPSA) is 111 Å². The van der Waals surface area contributed by atoms with Gasteiger partial charge in [-0.2, -0.15) is 0 Å². The Hall–Kier alpha value is -2.17. The van der Waals surface area contributed by atoms with Crippen LogP contribution in [0.25, 0.3) is 0 Å². The Balaban J connectivity index is 1.76. The van der Waals surface area contributed by atoms with Crippen molar-refractivity contribution in [1.82, 2.24) is 10.6 Å². The first-order valence-electron chi connectivity index (χ1n) is 17.5. The van der Waals surface area contributed by atoms with E-state index in [1.165, 1.54) is 13.5 Å². The average Bonchev–Trinajstić information content (AvgIpc) is 3.07.